The number of aryl methyl sites for hydroxylation is 2. The van der Waals surface area contributed by atoms with Crippen molar-refractivity contribution in [3.63, 3.8) is 0 Å². The maximum atomic E-state index is 12.8. The predicted molar refractivity (Wildman–Crippen MR) is 94.4 cm³/mol. The summed E-state index contributed by atoms with van der Waals surface area (Å²) in [5.74, 6) is -0.240. The Morgan fingerprint density at radius 1 is 1.33 bits per heavy atom. The number of benzene rings is 1. The highest BCUT2D eigenvalue weighted by atomic mass is 32.2. The molecule has 1 fully saturated rings. The molecule has 0 unspecified atom stereocenters. The van der Waals surface area contributed by atoms with E-state index in [2.05, 4.69) is 11.1 Å². The van der Waals surface area contributed by atoms with Crippen molar-refractivity contribution >= 4 is 26.8 Å². The van der Waals surface area contributed by atoms with Gasteiger partial charge in [0.2, 0.25) is 10.0 Å². The number of nitrogens with one attached hydrogen (secondary N) is 1. The first-order valence-electron chi connectivity index (χ1n) is 8.12. The molecular formula is C17H23N3O3S. The maximum absolute atomic E-state index is 12.8. The van der Waals surface area contributed by atoms with Crippen LogP contribution in [0, 0.1) is 19.8 Å². The highest BCUT2D eigenvalue weighted by molar-refractivity contribution is 7.89. The molecule has 1 aromatic carbocycles. The maximum Gasteiger partial charge on any atom is 0.270 e. The highest BCUT2D eigenvalue weighted by Gasteiger charge is 2.27. The van der Waals surface area contributed by atoms with E-state index in [4.69, 9.17) is 5.14 Å². The molecule has 24 heavy (non-hydrogen) atoms. The van der Waals surface area contributed by atoms with Crippen LogP contribution in [-0.4, -0.2) is 43.1 Å². The number of nitrogens with two attached hydrogens (primary N) is 1. The molecule has 0 aliphatic carbocycles. The lowest BCUT2D eigenvalue weighted by atomic mass is 10.00. The summed E-state index contributed by atoms with van der Waals surface area (Å²) in [4.78, 5) is 17.7. The van der Waals surface area contributed by atoms with Gasteiger partial charge in [-0.15, -0.1) is 0 Å². The van der Waals surface area contributed by atoms with Crippen molar-refractivity contribution in [3.8, 4) is 0 Å². The van der Waals surface area contributed by atoms with Crippen LogP contribution in [0.1, 0.15) is 34.5 Å². The van der Waals surface area contributed by atoms with Crippen molar-refractivity contribution < 1.29 is 13.2 Å². The molecule has 1 saturated heterocycles. The Labute approximate surface area is 142 Å². The minimum Gasteiger partial charge on any atom is -0.351 e. The minimum atomic E-state index is -3.51. The minimum absolute atomic E-state index is 0.0677. The van der Waals surface area contributed by atoms with Gasteiger partial charge in [0.1, 0.15) is 5.69 Å². The molecule has 2 heterocycles. The van der Waals surface area contributed by atoms with E-state index in [1.807, 2.05) is 26.0 Å². The number of sulfonamides is 1. The van der Waals surface area contributed by atoms with Gasteiger partial charge in [-0.05, 0) is 55.9 Å². The normalized spacial score (nSPS) is 19.0. The number of amides is 1. The van der Waals surface area contributed by atoms with Crippen LogP contribution < -0.4 is 5.14 Å². The number of hydrogen-bond donors (Lipinski definition) is 2. The van der Waals surface area contributed by atoms with Crippen LogP contribution in [0.15, 0.2) is 18.2 Å². The van der Waals surface area contributed by atoms with Crippen molar-refractivity contribution in [3.05, 3.63) is 35.0 Å². The number of fused-ring (bicyclic) bond motifs is 1. The molecule has 7 heteroatoms. The third-order valence-corrected chi connectivity index (χ3v) is 5.53. The van der Waals surface area contributed by atoms with Gasteiger partial charge in [0.25, 0.3) is 5.91 Å². The second-order valence-corrected chi connectivity index (χ2v) is 8.47. The van der Waals surface area contributed by atoms with Crippen LogP contribution in [0.25, 0.3) is 10.9 Å². The number of rotatable bonds is 3. The Balaban J connectivity index is 1.82. The lowest BCUT2D eigenvalue weighted by molar-refractivity contribution is 0.0679. The molecule has 1 aromatic heterocycles. The second kappa shape index (κ2) is 6.22. The quantitative estimate of drug-likeness (QED) is 0.886. The van der Waals surface area contributed by atoms with Crippen LogP contribution >= 0.6 is 0 Å². The summed E-state index contributed by atoms with van der Waals surface area (Å²) < 4.78 is 22.6. The van der Waals surface area contributed by atoms with Gasteiger partial charge in [-0.2, -0.15) is 0 Å². The molecule has 0 bridgehead atoms. The van der Waals surface area contributed by atoms with Crippen LogP contribution in [0.3, 0.4) is 0 Å². The van der Waals surface area contributed by atoms with Crippen molar-refractivity contribution in [2.45, 2.75) is 26.7 Å². The molecule has 2 aromatic rings. The third-order valence-electron chi connectivity index (χ3n) is 4.59. The molecule has 0 spiro atoms. The Morgan fingerprint density at radius 2 is 2.08 bits per heavy atom. The van der Waals surface area contributed by atoms with Gasteiger partial charge in [0, 0.05) is 24.0 Å². The highest BCUT2D eigenvalue weighted by Crippen LogP contribution is 2.24. The number of aromatic amines is 1. The standard InChI is InChI=1S/C17H23N3O3S/c1-11-6-12(2)14-8-16(19-15(14)7-11)17(21)20-5-3-4-13(9-20)10-24(18,22)23/h6-8,13,19H,3-5,9-10H2,1-2H3,(H2,18,22,23)/t13-/m0/s1. The van der Waals surface area contributed by atoms with Crippen molar-refractivity contribution in [2.75, 3.05) is 18.8 Å². The molecule has 1 aliphatic rings. The summed E-state index contributed by atoms with van der Waals surface area (Å²) >= 11 is 0. The van der Waals surface area contributed by atoms with Crippen LogP contribution in [0.5, 0.6) is 0 Å². The first-order valence-corrected chi connectivity index (χ1v) is 9.84. The summed E-state index contributed by atoms with van der Waals surface area (Å²) in [5.41, 5.74) is 3.78. The number of primary sulfonamides is 1. The summed E-state index contributed by atoms with van der Waals surface area (Å²) in [6.07, 6.45) is 1.58. The number of piperidine rings is 1. The van der Waals surface area contributed by atoms with Crippen LogP contribution in [0.2, 0.25) is 0 Å². The topological polar surface area (TPSA) is 96.3 Å². The predicted octanol–water partition coefficient (Wildman–Crippen LogP) is 1.93. The second-order valence-electron chi connectivity index (χ2n) is 6.82. The molecule has 3 rings (SSSR count). The van der Waals surface area contributed by atoms with Crippen LogP contribution in [0.4, 0.5) is 0 Å². The van der Waals surface area contributed by atoms with Gasteiger partial charge in [-0.25, -0.2) is 13.6 Å². The summed E-state index contributed by atoms with van der Waals surface area (Å²) in [7, 11) is -3.51. The fourth-order valence-corrected chi connectivity index (χ4v) is 4.53. The number of hydrogen-bond acceptors (Lipinski definition) is 3. The summed E-state index contributed by atoms with van der Waals surface area (Å²) in [6.45, 7) is 5.13. The Hall–Kier alpha value is -1.86. The van der Waals surface area contributed by atoms with Gasteiger partial charge >= 0.3 is 0 Å². The van der Waals surface area contributed by atoms with E-state index >= 15 is 0 Å². The zero-order valence-electron chi connectivity index (χ0n) is 14.0. The first-order chi connectivity index (χ1) is 11.2. The average molecular weight is 349 g/mol. The van der Waals surface area contributed by atoms with E-state index in [0.717, 1.165) is 34.9 Å². The fraction of sp³-hybridized carbons (Fsp3) is 0.471. The van der Waals surface area contributed by atoms with E-state index in [1.165, 1.54) is 0 Å². The smallest absolute Gasteiger partial charge is 0.270 e. The molecule has 3 N–H and O–H groups in total. The largest absolute Gasteiger partial charge is 0.351 e. The zero-order chi connectivity index (χ0) is 17.5. The molecule has 130 valence electrons. The van der Waals surface area contributed by atoms with Gasteiger partial charge in [0.15, 0.2) is 0 Å². The summed E-state index contributed by atoms with van der Waals surface area (Å²) in [6, 6.07) is 6.00. The van der Waals surface area contributed by atoms with E-state index in [1.54, 1.807) is 4.90 Å². The number of carbonyl (C=O) groups excluding carboxylic acids is 1. The van der Waals surface area contributed by atoms with E-state index in [9.17, 15) is 13.2 Å². The number of carbonyl (C=O) groups is 1. The molecule has 1 aliphatic heterocycles. The Kier molecular flexibility index (Phi) is 4.40. The third kappa shape index (κ3) is 3.62. The number of nitrogens with zero attached hydrogens (tertiary/aromatic N) is 1. The number of likely N-dealkylation sites (tertiary alicyclic amines) is 1. The van der Waals surface area contributed by atoms with Gasteiger partial charge in [-0.1, -0.05) is 6.07 Å². The molecule has 6 nitrogen and oxygen atoms in total. The monoisotopic (exact) mass is 349 g/mol. The first kappa shape index (κ1) is 17.0. The fourth-order valence-electron chi connectivity index (χ4n) is 3.60. The van der Waals surface area contributed by atoms with Crippen molar-refractivity contribution in [2.24, 2.45) is 11.1 Å². The molecule has 0 saturated carbocycles. The van der Waals surface area contributed by atoms with Gasteiger partial charge in [-0.3, -0.25) is 4.79 Å². The number of H-pyrrole nitrogens is 1. The Morgan fingerprint density at radius 3 is 2.79 bits per heavy atom. The van der Waals surface area contributed by atoms with E-state index in [0.29, 0.717) is 18.8 Å². The van der Waals surface area contributed by atoms with Crippen molar-refractivity contribution in [1.82, 2.24) is 9.88 Å². The van der Waals surface area contributed by atoms with Gasteiger partial charge < -0.3 is 9.88 Å². The molecular weight excluding hydrogens is 326 g/mol. The SMILES string of the molecule is Cc1cc(C)c2cc(C(=O)N3CCC[C@H](CS(N)(=O)=O)C3)[nH]c2c1. The van der Waals surface area contributed by atoms with Crippen LogP contribution in [-0.2, 0) is 10.0 Å². The van der Waals surface area contributed by atoms with E-state index in [-0.39, 0.29) is 17.6 Å². The molecule has 1 atom stereocenters. The molecule has 1 amide bonds. The lowest BCUT2D eigenvalue weighted by Gasteiger charge is -2.32. The lowest BCUT2D eigenvalue weighted by Crippen LogP contribution is -2.42. The van der Waals surface area contributed by atoms with E-state index < -0.39 is 10.0 Å². The van der Waals surface area contributed by atoms with Crippen molar-refractivity contribution in [1.29, 1.82) is 0 Å². The molecule has 0 radical (unpaired) electrons. The summed E-state index contributed by atoms with van der Waals surface area (Å²) in [5, 5.41) is 6.19. The Bertz CT molecular complexity index is 886. The number of aromatic nitrogens is 1. The average Bonchev–Trinajstić information content (AvgIpc) is 2.89. The zero-order valence-corrected chi connectivity index (χ0v) is 14.8. The van der Waals surface area contributed by atoms with Gasteiger partial charge in [0.05, 0.1) is 5.75 Å².